The van der Waals surface area contributed by atoms with Gasteiger partial charge in [0.15, 0.2) is 0 Å². The van der Waals surface area contributed by atoms with E-state index in [1.165, 1.54) is 11.8 Å². The Hall–Kier alpha value is -1.30. The van der Waals surface area contributed by atoms with Crippen molar-refractivity contribution in [3.05, 3.63) is 0 Å². The number of hydrogen-bond acceptors (Lipinski definition) is 3. The second kappa shape index (κ2) is 7.92. The molecule has 6 heteroatoms. The second-order valence-corrected chi connectivity index (χ2v) is 3.64. The molecule has 0 aliphatic heterocycles. The van der Waals surface area contributed by atoms with Gasteiger partial charge in [-0.1, -0.05) is 13.8 Å². The summed E-state index contributed by atoms with van der Waals surface area (Å²) < 4.78 is 0. The number of nitrogens with zero attached hydrogens (tertiary/aromatic N) is 1. The summed E-state index contributed by atoms with van der Waals surface area (Å²) in [6.07, 6.45) is 0.794. The molecule has 0 saturated carbocycles. The molecule has 6 nitrogen and oxygen atoms in total. The van der Waals surface area contributed by atoms with Crippen molar-refractivity contribution < 1.29 is 19.8 Å². The molecule has 0 fully saturated rings. The first-order valence-electron chi connectivity index (χ1n) is 5.39. The third-order valence-electron chi connectivity index (χ3n) is 2.13. The van der Waals surface area contributed by atoms with Crippen LogP contribution in [0.25, 0.3) is 0 Å². The lowest BCUT2D eigenvalue weighted by atomic mass is 10.2. The van der Waals surface area contributed by atoms with Gasteiger partial charge in [0.25, 0.3) is 0 Å². The highest BCUT2D eigenvalue weighted by Gasteiger charge is 2.15. The number of carboxylic acid groups (broad SMARTS) is 1. The van der Waals surface area contributed by atoms with Crippen LogP contribution in [0.4, 0.5) is 4.79 Å². The maximum Gasteiger partial charge on any atom is 0.317 e. The van der Waals surface area contributed by atoms with Gasteiger partial charge in [0.05, 0.1) is 12.5 Å². The molecule has 0 spiro atoms. The SMILES string of the molecule is CCCN(CCO)C(=O)NCC(C)C(=O)O. The number of aliphatic hydroxyl groups excluding tert-OH is 1. The Kier molecular flexibility index (Phi) is 7.28. The van der Waals surface area contributed by atoms with Crippen LogP contribution in [0, 0.1) is 5.92 Å². The highest BCUT2D eigenvalue weighted by Crippen LogP contribution is 1.95. The predicted octanol–water partition coefficient (Wildman–Crippen LogP) is 0.121. The maximum atomic E-state index is 11.6. The van der Waals surface area contributed by atoms with Gasteiger partial charge in [-0.2, -0.15) is 0 Å². The molecule has 0 aromatic carbocycles. The number of carbonyl (C=O) groups excluding carboxylic acids is 1. The molecule has 0 aromatic rings. The fraction of sp³-hybridized carbons (Fsp3) is 0.800. The van der Waals surface area contributed by atoms with E-state index in [-0.39, 0.29) is 25.7 Å². The van der Waals surface area contributed by atoms with Crippen LogP contribution < -0.4 is 5.32 Å². The molecular formula is C10H20N2O4. The van der Waals surface area contributed by atoms with E-state index >= 15 is 0 Å². The van der Waals surface area contributed by atoms with Crippen molar-refractivity contribution in [3.8, 4) is 0 Å². The van der Waals surface area contributed by atoms with Crippen LogP contribution in [-0.2, 0) is 4.79 Å². The van der Waals surface area contributed by atoms with E-state index in [1.807, 2.05) is 6.92 Å². The Bertz CT molecular complexity index is 227. The average Bonchev–Trinajstić information content (AvgIpc) is 2.24. The zero-order valence-corrected chi connectivity index (χ0v) is 9.77. The van der Waals surface area contributed by atoms with Gasteiger partial charge in [0.1, 0.15) is 0 Å². The first-order chi connectivity index (χ1) is 7.52. The molecule has 1 unspecified atom stereocenters. The molecule has 0 aromatic heterocycles. The van der Waals surface area contributed by atoms with Crippen molar-refractivity contribution in [3.63, 3.8) is 0 Å². The van der Waals surface area contributed by atoms with Crippen LogP contribution in [0.3, 0.4) is 0 Å². The van der Waals surface area contributed by atoms with E-state index in [2.05, 4.69) is 5.32 Å². The maximum absolute atomic E-state index is 11.6. The molecule has 0 heterocycles. The Morgan fingerprint density at radius 1 is 1.38 bits per heavy atom. The van der Waals surface area contributed by atoms with Gasteiger partial charge in [-0.05, 0) is 6.42 Å². The predicted molar refractivity (Wildman–Crippen MR) is 59.1 cm³/mol. The van der Waals surface area contributed by atoms with E-state index in [0.717, 1.165) is 6.42 Å². The van der Waals surface area contributed by atoms with Crippen LogP contribution in [0.5, 0.6) is 0 Å². The number of carboxylic acids is 1. The van der Waals surface area contributed by atoms with Gasteiger partial charge in [0, 0.05) is 19.6 Å². The van der Waals surface area contributed by atoms with Crippen molar-refractivity contribution in [2.45, 2.75) is 20.3 Å². The Balaban J connectivity index is 4.04. The van der Waals surface area contributed by atoms with Crippen LogP contribution in [-0.4, -0.2) is 53.4 Å². The molecule has 0 aliphatic carbocycles. The topological polar surface area (TPSA) is 89.9 Å². The lowest BCUT2D eigenvalue weighted by Crippen LogP contribution is -2.44. The molecule has 1 atom stereocenters. The minimum atomic E-state index is -0.940. The largest absolute Gasteiger partial charge is 0.481 e. The number of carbonyl (C=O) groups is 2. The monoisotopic (exact) mass is 232 g/mol. The fourth-order valence-corrected chi connectivity index (χ4v) is 1.15. The molecule has 16 heavy (non-hydrogen) atoms. The summed E-state index contributed by atoms with van der Waals surface area (Å²) in [5.41, 5.74) is 0. The minimum absolute atomic E-state index is 0.0953. The number of aliphatic carboxylic acids is 1. The van der Waals surface area contributed by atoms with Gasteiger partial charge in [-0.15, -0.1) is 0 Å². The molecule has 0 rings (SSSR count). The summed E-state index contributed by atoms with van der Waals surface area (Å²) in [5, 5.41) is 19.9. The number of hydrogen-bond donors (Lipinski definition) is 3. The van der Waals surface area contributed by atoms with Gasteiger partial charge >= 0.3 is 12.0 Å². The van der Waals surface area contributed by atoms with E-state index in [4.69, 9.17) is 10.2 Å². The number of nitrogens with one attached hydrogen (secondary N) is 1. The second-order valence-electron chi connectivity index (χ2n) is 3.64. The Morgan fingerprint density at radius 2 is 2.00 bits per heavy atom. The number of urea groups is 1. The van der Waals surface area contributed by atoms with Gasteiger partial charge in [-0.3, -0.25) is 4.79 Å². The average molecular weight is 232 g/mol. The smallest absolute Gasteiger partial charge is 0.317 e. The lowest BCUT2D eigenvalue weighted by molar-refractivity contribution is -0.140. The molecular weight excluding hydrogens is 212 g/mol. The lowest BCUT2D eigenvalue weighted by Gasteiger charge is -2.22. The molecule has 94 valence electrons. The van der Waals surface area contributed by atoms with E-state index < -0.39 is 11.9 Å². The van der Waals surface area contributed by atoms with E-state index in [9.17, 15) is 9.59 Å². The molecule has 0 radical (unpaired) electrons. The number of aliphatic hydroxyl groups is 1. The molecule has 3 N–H and O–H groups in total. The summed E-state index contributed by atoms with van der Waals surface area (Å²) in [6, 6.07) is -0.330. The fourth-order valence-electron chi connectivity index (χ4n) is 1.15. The van der Waals surface area contributed by atoms with Crippen molar-refractivity contribution in [1.29, 1.82) is 0 Å². The van der Waals surface area contributed by atoms with Gasteiger partial charge < -0.3 is 20.4 Å². The van der Waals surface area contributed by atoms with E-state index in [1.54, 1.807) is 0 Å². The van der Waals surface area contributed by atoms with Crippen molar-refractivity contribution in [2.75, 3.05) is 26.2 Å². The van der Waals surface area contributed by atoms with Crippen LogP contribution in [0.1, 0.15) is 20.3 Å². The normalized spacial score (nSPS) is 11.9. The van der Waals surface area contributed by atoms with Crippen LogP contribution in [0.15, 0.2) is 0 Å². The molecule has 0 saturated heterocycles. The summed E-state index contributed by atoms with van der Waals surface area (Å²) in [6.45, 7) is 4.27. The van der Waals surface area contributed by atoms with Crippen molar-refractivity contribution in [1.82, 2.24) is 10.2 Å². The molecule has 2 amide bonds. The number of rotatable bonds is 7. The van der Waals surface area contributed by atoms with E-state index in [0.29, 0.717) is 6.54 Å². The Labute approximate surface area is 95.2 Å². The highest BCUT2D eigenvalue weighted by atomic mass is 16.4. The first-order valence-corrected chi connectivity index (χ1v) is 5.39. The standard InChI is InChI=1S/C10H20N2O4/c1-3-4-12(5-6-13)10(16)11-7-8(2)9(14)15/h8,13H,3-7H2,1-2H3,(H,11,16)(H,14,15). The quantitative estimate of drug-likeness (QED) is 0.581. The third kappa shape index (κ3) is 5.55. The summed E-state index contributed by atoms with van der Waals surface area (Å²) in [4.78, 5) is 23.6. The first kappa shape index (κ1) is 14.7. The van der Waals surface area contributed by atoms with Gasteiger partial charge in [-0.25, -0.2) is 4.79 Å². The molecule has 0 bridgehead atoms. The van der Waals surface area contributed by atoms with Crippen LogP contribution >= 0.6 is 0 Å². The molecule has 0 aliphatic rings. The van der Waals surface area contributed by atoms with Gasteiger partial charge in [0.2, 0.25) is 0 Å². The Morgan fingerprint density at radius 3 is 2.44 bits per heavy atom. The highest BCUT2D eigenvalue weighted by molar-refractivity contribution is 5.75. The zero-order valence-electron chi connectivity index (χ0n) is 9.77. The number of amides is 2. The summed E-state index contributed by atoms with van der Waals surface area (Å²) in [5.74, 6) is -1.55. The summed E-state index contributed by atoms with van der Waals surface area (Å²) >= 11 is 0. The zero-order chi connectivity index (χ0) is 12.6. The van der Waals surface area contributed by atoms with Crippen LogP contribution in [0.2, 0.25) is 0 Å². The minimum Gasteiger partial charge on any atom is -0.481 e. The van der Waals surface area contributed by atoms with Crippen molar-refractivity contribution in [2.24, 2.45) is 5.92 Å². The third-order valence-corrected chi connectivity index (χ3v) is 2.13. The van der Waals surface area contributed by atoms with Crippen molar-refractivity contribution >= 4 is 12.0 Å². The summed E-state index contributed by atoms with van der Waals surface area (Å²) in [7, 11) is 0.